The molecule has 220 valence electrons. The van der Waals surface area contributed by atoms with Gasteiger partial charge in [-0.15, -0.1) is 23.4 Å². The predicted molar refractivity (Wildman–Crippen MR) is 158 cm³/mol. The molecule has 1 aromatic heterocycles. The van der Waals surface area contributed by atoms with Crippen LogP contribution < -0.4 is 51.4 Å². The third-order valence-corrected chi connectivity index (χ3v) is 6.16. The number of carbonyl (C=O) groups is 2. The summed E-state index contributed by atoms with van der Waals surface area (Å²) in [5.74, 6) is 1.23. The van der Waals surface area contributed by atoms with Gasteiger partial charge >= 0.3 is 51.4 Å². The zero-order valence-corrected chi connectivity index (χ0v) is 30.4. The van der Waals surface area contributed by atoms with Crippen LogP contribution in [0.25, 0.3) is 0 Å². The van der Waals surface area contributed by atoms with Crippen molar-refractivity contribution < 1.29 is 73.8 Å². The summed E-state index contributed by atoms with van der Waals surface area (Å²) >= 11 is 5.81. The van der Waals surface area contributed by atoms with E-state index in [1.807, 2.05) is 20.8 Å². The number of hydrogen-bond donors (Lipinski definition) is 0. The van der Waals surface area contributed by atoms with Crippen LogP contribution in [0.1, 0.15) is 106 Å². The molecule has 0 aliphatic heterocycles. The molecular formula is C30H49ClFKNO4S-. The molecule has 2 atom stereocenters. The maximum absolute atomic E-state index is 12.1. The first-order valence-electron chi connectivity index (χ1n) is 13.3. The van der Waals surface area contributed by atoms with Gasteiger partial charge in [-0.3, -0.25) is 14.6 Å². The quantitative estimate of drug-likeness (QED) is 0.228. The normalized spacial score (nSPS) is 12.0. The number of halogens is 2. The van der Waals surface area contributed by atoms with E-state index in [1.54, 1.807) is 0 Å². The number of rotatable bonds is 13. The summed E-state index contributed by atoms with van der Waals surface area (Å²) in [6, 6.07) is 2.84. The number of aromatic nitrogens is 1. The van der Waals surface area contributed by atoms with Gasteiger partial charge in [-0.25, -0.2) is 18.9 Å². The van der Waals surface area contributed by atoms with E-state index < -0.39 is 9.84 Å². The minimum atomic E-state index is -2.94. The molecule has 0 unspecified atom stereocenters. The second-order valence-corrected chi connectivity index (χ2v) is 11.9. The summed E-state index contributed by atoms with van der Waals surface area (Å²) in [5, 5.41) is 0.814. The van der Waals surface area contributed by atoms with Gasteiger partial charge in [-0.1, -0.05) is 66.7 Å². The fourth-order valence-electron chi connectivity index (χ4n) is 2.84. The molecule has 0 amide bonds. The summed E-state index contributed by atoms with van der Waals surface area (Å²) < 4.78 is 32.9. The molecular weight excluding hydrogens is 564 g/mol. The van der Waals surface area contributed by atoms with Crippen LogP contribution in [0.5, 0.6) is 0 Å². The number of carbonyl (C=O) groups excluding carboxylic acids is 2. The third kappa shape index (κ3) is 35.7. The van der Waals surface area contributed by atoms with Gasteiger partial charge in [0.25, 0.3) is 0 Å². The van der Waals surface area contributed by atoms with Crippen molar-refractivity contribution in [3.05, 3.63) is 53.6 Å². The van der Waals surface area contributed by atoms with Crippen molar-refractivity contribution in [2.45, 2.75) is 99.8 Å². The Labute approximate surface area is 286 Å². The predicted octanol–water partition coefficient (Wildman–Crippen LogP) is 5.12. The van der Waals surface area contributed by atoms with E-state index in [9.17, 15) is 22.4 Å². The largest absolute Gasteiger partial charge is 1.00 e. The monoisotopic (exact) mass is 612 g/mol. The zero-order chi connectivity index (χ0) is 30.1. The van der Waals surface area contributed by atoms with Gasteiger partial charge in [0.1, 0.15) is 27.2 Å². The van der Waals surface area contributed by atoms with E-state index in [-0.39, 0.29) is 75.2 Å². The SMILES string of the molecule is C=[C-]c1ccc(F)cn1.CC(=O)CCS(C)(=O)=O.CCCC(=O)CCC.CCC[C@@H]([C-]=C(C)Cl)[C@@H](C)CC.[K+]. The van der Waals surface area contributed by atoms with E-state index >= 15 is 0 Å². The molecule has 39 heavy (non-hydrogen) atoms. The molecule has 9 heteroatoms. The molecule has 5 nitrogen and oxygen atoms in total. The molecule has 0 aliphatic carbocycles. The van der Waals surface area contributed by atoms with Crippen LogP contribution >= 0.6 is 11.6 Å². The van der Waals surface area contributed by atoms with Gasteiger partial charge in [0, 0.05) is 25.5 Å². The Morgan fingerprint density at radius 1 is 1.05 bits per heavy atom. The fraction of sp³-hybridized carbons (Fsp3) is 0.633. The van der Waals surface area contributed by atoms with Crippen LogP contribution in [0.2, 0.25) is 0 Å². The molecule has 0 saturated heterocycles. The van der Waals surface area contributed by atoms with Crippen molar-refractivity contribution in [3.63, 3.8) is 0 Å². The van der Waals surface area contributed by atoms with Gasteiger partial charge in [0.2, 0.25) is 0 Å². The van der Waals surface area contributed by atoms with E-state index in [2.05, 4.69) is 44.5 Å². The molecule has 0 fully saturated rings. The molecule has 0 radical (unpaired) electrons. The number of sulfone groups is 1. The first kappa shape index (κ1) is 45.8. The Kier molecular flexibility index (Phi) is 34.3. The van der Waals surface area contributed by atoms with Gasteiger partial charge in [-0.2, -0.15) is 23.6 Å². The summed E-state index contributed by atoms with van der Waals surface area (Å²) in [5.41, 5.74) is 0.566. The second-order valence-electron chi connectivity index (χ2n) is 9.12. The first-order valence-corrected chi connectivity index (χ1v) is 15.7. The number of allylic oxidation sites excluding steroid dienone is 2. The molecule has 0 bridgehead atoms. The average molecular weight is 613 g/mol. The summed E-state index contributed by atoms with van der Waals surface area (Å²) in [6.45, 7) is 17.4. The Balaban J connectivity index is -0.000000210. The van der Waals surface area contributed by atoms with Crippen molar-refractivity contribution >= 4 is 33.0 Å². The maximum Gasteiger partial charge on any atom is 1.00 e. The fourth-order valence-corrected chi connectivity index (χ4v) is 3.64. The number of ketones is 2. The topological polar surface area (TPSA) is 81.2 Å². The van der Waals surface area contributed by atoms with E-state index in [0.29, 0.717) is 23.3 Å². The molecule has 1 aromatic rings. The van der Waals surface area contributed by atoms with Crippen molar-refractivity contribution in [3.8, 4) is 0 Å². The van der Waals surface area contributed by atoms with Crippen LogP contribution in [-0.4, -0.2) is 37.0 Å². The molecule has 0 aliphatic rings. The van der Waals surface area contributed by atoms with Crippen LogP contribution in [0, 0.1) is 29.8 Å². The van der Waals surface area contributed by atoms with Crippen LogP contribution in [0.4, 0.5) is 4.39 Å². The van der Waals surface area contributed by atoms with Crippen molar-refractivity contribution in [2.24, 2.45) is 11.8 Å². The summed E-state index contributed by atoms with van der Waals surface area (Å²) in [6.07, 6.45) is 15.4. The van der Waals surface area contributed by atoms with Crippen molar-refractivity contribution in [1.29, 1.82) is 0 Å². The average Bonchev–Trinajstić information content (AvgIpc) is 2.83. The number of Topliss-reactive ketones (excluding diaryl/α,β-unsaturated/α-hetero) is 2. The molecule has 1 heterocycles. The smallest absolute Gasteiger partial charge is 0.478 e. The van der Waals surface area contributed by atoms with Crippen LogP contribution in [-0.2, 0) is 19.4 Å². The Hall–Kier alpha value is -0.224. The second kappa shape index (κ2) is 29.3. The van der Waals surface area contributed by atoms with Crippen molar-refractivity contribution in [2.75, 3.05) is 12.0 Å². The minimum absolute atomic E-state index is 0. The molecule has 0 aromatic carbocycles. The first-order chi connectivity index (χ1) is 17.7. The summed E-state index contributed by atoms with van der Waals surface area (Å²) in [7, 11) is -2.94. The number of nitrogens with zero attached hydrogens (tertiary/aromatic N) is 1. The van der Waals surface area contributed by atoms with Gasteiger partial charge in [0.15, 0.2) is 0 Å². The van der Waals surface area contributed by atoms with Gasteiger partial charge in [-0.05, 0) is 19.8 Å². The summed E-state index contributed by atoms with van der Waals surface area (Å²) in [4.78, 5) is 24.5. The molecule has 0 spiro atoms. The molecule has 0 N–H and O–H groups in total. The molecule has 0 saturated carbocycles. The number of hydrogen-bond acceptors (Lipinski definition) is 5. The van der Waals surface area contributed by atoms with Crippen LogP contribution in [0.3, 0.4) is 0 Å². The maximum atomic E-state index is 12.1. The van der Waals surface area contributed by atoms with E-state index in [1.165, 1.54) is 38.3 Å². The minimum Gasteiger partial charge on any atom is -0.478 e. The molecule has 1 rings (SSSR count). The van der Waals surface area contributed by atoms with E-state index in [4.69, 9.17) is 11.6 Å². The van der Waals surface area contributed by atoms with Crippen LogP contribution in [0.15, 0.2) is 29.9 Å². The van der Waals surface area contributed by atoms with Crippen molar-refractivity contribution in [1.82, 2.24) is 4.98 Å². The zero-order valence-electron chi connectivity index (χ0n) is 25.7. The Morgan fingerprint density at radius 3 is 1.87 bits per heavy atom. The Morgan fingerprint density at radius 2 is 1.59 bits per heavy atom. The van der Waals surface area contributed by atoms with Gasteiger partial charge in [0.05, 0.1) is 11.9 Å². The van der Waals surface area contributed by atoms with Gasteiger partial charge < -0.3 is 6.08 Å². The standard InChI is InChI=1S/C11H20Cl.C7H5FN.C7H14O.C5H10O3S.K/c1-5-7-11(8-10(4)12)9(3)6-2;1-2-7-4-3-6(8)5-9-7;1-3-5-7(8)6-4-2;1-5(6)3-4-9(2,7)8;/h9,11H,5-7H2,1-4H3;3-5H,1H2;3-6H2,1-2H3;3-4H2,1-2H3;/q2*-1;;;+1/t9-,11-;;;;/m0..../s1. The number of pyridine rings is 1. The van der Waals surface area contributed by atoms with E-state index in [0.717, 1.165) is 43.2 Å². The Bertz CT molecular complexity index is 894. The third-order valence-electron chi connectivity index (χ3n) is 5.11.